The molecule has 0 bridgehead atoms. The summed E-state index contributed by atoms with van der Waals surface area (Å²) in [6.07, 6.45) is 0.659. The van der Waals surface area contributed by atoms with Crippen molar-refractivity contribution in [1.82, 2.24) is 4.90 Å². The van der Waals surface area contributed by atoms with Crippen LogP contribution in [0.25, 0.3) is 0 Å². The zero-order valence-electron chi connectivity index (χ0n) is 8.56. The molecule has 0 spiro atoms. The molecule has 5 heteroatoms. The van der Waals surface area contributed by atoms with Gasteiger partial charge >= 0.3 is 0 Å². The van der Waals surface area contributed by atoms with E-state index in [1.165, 1.54) is 4.90 Å². The molecule has 0 aromatic heterocycles. The van der Waals surface area contributed by atoms with E-state index < -0.39 is 18.0 Å². The van der Waals surface area contributed by atoms with Crippen LogP contribution in [0.4, 0.5) is 0 Å². The van der Waals surface area contributed by atoms with Gasteiger partial charge in [0.25, 0.3) is 0 Å². The van der Waals surface area contributed by atoms with Crippen LogP contribution in [0.5, 0.6) is 0 Å². The monoisotopic (exact) mass is 199 g/mol. The first-order valence-electron chi connectivity index (χ1n) is 4.80. The number of amides is 2. The first-order chi connectivity index (χ1) is 6.45. The average Bonchev–Trinajstić information content (AvgIpc) is 1.99. The molecular weight excluding hydrogens is 182 g/mol. The lowest BCUT2D eigenvalue weighted by atomic mass is 9.97. The topological polar surface area (TPSA) is 89.4 Å². The van der Waals surface area contributed by atoms with E-state index in [1.807, 2.05) is 13.8 Å². The molecular formula is C9H17N3O2. The molecule has 5 nitrogen and oxygen atoms in total. The van der Waals surface area contributed by atoms with Crippen LogP contribution < -0.4 is 11.5 Å². The summed E-state index contributed by atoms with van der Waals surface area (Å²) in [6.45, 7) is 4.34. The van der Waals surface area contributed by atoms with Gasteiger partial charge in [-0.25, -0.2) is 0 Å². The third-order valence-electron chi connectivity index (χ3n) is 2.63. The Morgan fingerprint density at radius 1 is 1.43 bits per heavy atom. The van der Waals surface area contributed by atoms with Crippen LogP contribution in [0.3, 0.4) is 0 Å². The molecule has 1 aliphatic rings. The van der Waals surface area contributed by atoms with Crippen molar-refractivity contribution in [3.05, 3.63) is 0 Å². The Balaban J connectivity index is 2.58. The first-order valence-corrected chi connectivity index (χ1v) is 4.80. The number of primary amides is 1. The van der Waals surface area contributed by atoms with Crippen LogP contribution in [0, 0.1) is 5.92 Å². The summed E-state index contributed by atoms with van der Waals surface area (Å²) in [5, 5.41) is 0. The van der Waals surface area contributed by atoms with Gasteiger partial charge in [0, 0.05) is 6.54 Å². The van der Waals surface area contributed by atoms with E-state index in [0.29, 0.717) is 13.0 Å². The van der Waals surface area contributed by atoms with E-state index in [1.54, 1.807) is 0 Å². The van der Waals surface area contributed by atoms with E-state index in [-0.39, 0.29) is 11.8 Å². The van der Waals surface area contributed by atoms with Crippen molar-refractivity contribution < 1.29 is 9.59 Å². The van der Waals surface area contributed by atoms with Crippen molar-refractivity contribution >= 4 is 11.8 Å². The number of likely N-dealkylation sites (tertiary alicyclic amines) is 1. The Morgan fingerprint density at radius 3 is 2.29 bits per heavy atom. The highest BCUT2D eigenvalue weighted by atomic mass is 16.2. The van der Waals surface area contributed by atoms with Gasteiger partial charge in [0.2, 0.25) is 11.8 Å². The number of hydrogen-bond donors (Lipinski definition) is 2. The van der Waals surface area contributed by atoms with Crippen molar-refractivity contribution in [1.29, 1.82) is 0 Å². The number of hydrogen-bond acceptors (Lipinski definition) is 3. The molecule has 2 atom stereocenters. The highest BCUT2D eigenvalue weighted by molar-refractivity contribution is 5.90. The van der Waals surface area contributed by atoms with Crippen molar-refractivity contribution in [2.24, 2.45) is 17.4 Å². The zero-order chi connectivity index (χ0) is 10.9. The second kappa shape index (κ2) is 3.96. The third kappa shape index (κ3) is 1.87. The van der Waals surface area contributed by atoms with Gasteiger partial charge in [-0.2, -0.15) is 0 Å². The molecule has 2 amide bonds. The van der Waals surface area contributed by atoms with Gasteiger partial charge in [0.1, 0.15) is 6.04 Å². The summed E-state index contributed by atoms with van der Waals surface area (Å²) in [4.78, 5) is 24.0. The van der Waals surface area contributed by atoms with Crippen molar-refractivity contribution in [2.75, 3.05) is 6.54 Å². The van der Waals surface area contributed by atoms with E-state index in [9.17, 15) is 9.59 Å². The molecule has 1 heterocycles. The molecule has 0 saturated carbocycles. The summed E-state index contributed by atoms with van der Waals surface area (Å²) in [5.74, 6) is -0.535. The van der Waals surface area contributed by atoms with Crippen LogP contribution in [0.1, 0.15) is 20.3 Å². The number of carbonyl (C=O) groups is 2. The fourth-order valence-electron chi connectivity index (χ4n) is 1.42. The van der Waals surface area contributed by atoms with E-state index in [4.69, 9.17) is 11.5 Å². The largest absolute Gasteiger partial charge is 0.368 e. The van der Waals surface area contributed by atoms with Crippen molar-refractivity contribution in [3.63, 3.8) is 0 Å². The highest BCUT2D eigenvalue weighted by Crippen LogP contribution is 2.19. The van der Waals surface area contributed by atoms with Gasteiger partial charge in [-0.3, -0.25) is 9.59 Å². The van der Waals surface area contributed by atoms with Crippen molar-refractivity contribution in [3.8, 4) is 0 Å². The second-order valence-corrected chi connectivity index (χ2v) is 4.01. The lowest BCUT2D eigenvalue weighted by molar-refractivity contribution is -0.147. The summed E-state index contributed by atoms with van der Waals surface area (Å²) in [6, 6.07) is -0.968. The molecule has 1 aliphatic heterocycles. The van der Waals surface area contributed by atoms with Crippen LogP contribution in [0.2, 0.25) is 0 Å². The highest BCUT2D eigenvalue weighted by Gasteiger charge is 2.38. The maximum atomic E-state index is 11.7. The minimum Gasteiger partial charge on any atom is -0.368 e. The summed E-state index contributed by atoms with van der Waals surface area (Å²) < 4.78 is 0. The molecule has 14 heavy (non-hydrogen) atoms. The van der Waals surface area contributed by atoms with Crippen molar-refractivity contribution in [2.45, 2.75) is 32.4 Å². The first kappa shape index (κ1) is 11.0. The number of nitrogens with zero attached hydrogens (tertiary/aromatic N) is 1. The van der Waals surface area contributed by atoms with Gasteiger partial charge < -0.3 is 16.4 Å². The fourth-order valence-corrected chi connectivity index (χ4v) is 1.42. The fraction of sp³-hybridized carbons (Fsp3) is 0.778. The van der Waals surface area contributed by atoms with Crippen LogP contribution in [0.15, 0.2) is 0 Å². The van der Waals surface area contributed by atoms with Crippen LogP contribution in [-0.4, -0.2) is 35.3 Å². The van der Waals surface area contributed by atoms with E-state index >= 15 is 0 Å². The number of nitrogens with two attached hydrogens (primary N) is 2. The van der Waals surface area contributed by atoms with E-state index in [2.05, 4.69) is 0 Å². The summed E-state index contributed by atoms with van der Waals surface area (Å²) in [7, 11) is 0. The lowest BCUT2D eigenvalue weighted by Gasteiger charge is -2.40. The molecule has 1 rings (SSSR count). The Hall–Kier alpha value is -1.10. The molecule has 0 aromatic rings. The standard InChI is InChI=1S/C9H17N3O2/c1-5(2)7(10)9(14)12-4-3-6(12)8(11)13/h5-7H,3-4,10H2,1-2H3,(H2,11,13)/t6?,7-/m0/s1. The molecule has 1 unspecified atom stereocenters. The molecule has 0 aromatic carbocycles. The van der Waals surface area contributed by atoms with Gasteiger partial charge in [-0.15, -0.1) is 0 Å². The normalized spacial score (nSPS) is 23.1. The number of carbonyl (C=O) groups excluding carboxylic acids is 2. The Labute approximate surface area is 83.4 Å². The second-order valence-electron chi connectivity index (χ2n) is 4.01. The smallest absolute Gasteiger partial charge is 0.240 e. The zero-order valence-corrected chi connectivity index (χ0v) is 8.56. The van der Waals surface area contributed by atoms with Crippen LogP contribution >= 0.6 is 0 Å². The summed E-state index contributed by atoms with van der Waals surface area (Å²) >= 11 is 0. The van der Waals surface area contributed by atoms with Gasteiger partial charge in [-0.1, -0.05) is 13.8 Å². The maximum Gasteiger partial charge on any atom is 0.240 e. The molecule has 4 N–H and O–H groups in total. The average molecular weight is 199 g/mol. The summed E-state index contributed by atoms with van der Waals surface area (Å²) in [5.41, 5.74) is 10.8. The molecule has 80 valence electrons. The SMILES string of the molecule is CC(C)[C@H](N)C(=O)N1CCC1C(N)=O. The Kier molecular flexibility index (Phi) is 3.10. The lowest BCUT2D eigenvalue weighted by Crippen LogP contribution is -2.61. The van der Waals surface area contributed by atoms with E-state index in [0.717, 1.165) is 0 Å². The number of rotatable bonds is 3. The van der Waals surface area contributed by atoms with Crippen LogP contribution in [-0.2, 0) is 9.59 Å². The molecule has 1 fully saturated rings. The molecule has 0 aliphatic carbocycles. The molecule has 1 saturated heterocycles. The maximum absolute atomic E-state index is 11.7. The third-order valence-corrected chi connectivity index (χ3v) is 2.63. The molecule has 0 radical (unpaired) electrons. The Morgan fingerprint density at radius 2 is 2.00 bits per heavy atom. The Bertz CT molecular complexity index is 252. The van der Waals surface area contributed by atoms with Gasteiger partial charge in [0.05, 0.1) is 6.04 Å². The predicted molar refractivity (Wildman–Crippen MR) is 52.1 cm³/mol. The minimum absolute atomic E-state index is 0.0802. The van der Waals surface area contributed by atoms with Gasteiger partial charge in [0.15, 0.2) is 0 Å². The van der Waals surface area contributed by atoms with Gasteiger partial charge in [-0.05, 0) is 12.3 Å². The predicted octanol–water partition coefficient (Wildman–Crippen LogP) is -0.944. The quantitative estimate of drug-likeness (QED) is 0.614. The minimum atomic E-state index is -0.530.